The van der Waals surface area contributed by atoms with Crippen molar-refractivity contribution in [1.29, 1.82) is 0 Å². The fourth-order valence-electron chi connectivity index (χ4n) is 2.48. The van der Waals surface area contributed by atoms with Gasteiger partial charge in [-0.2, -0.15) is 0 Å². The fraction of sp³-hybridized carbons (Fsp3) is 0.294. The Labute approximate surface area is 122 Å². The number of hydrogen-bond acceptors (Lipinski definition) is 1. The highest BCUT2D eigenvalue weighted by Gasteiger charge is 2.26. The summed E-state index contributed by atoms with van der Waals surface area (Å²) in [4.78, 5) is 0. The predicted octanol–water partition coefficient (Wildman–Crippen LogP) is 5.22. The van der Waals surface area contributed by atoms with Crippen molar-refractivity contribution in [2.45, 2.75) is 32.3 Å². The normalized spacial score (nSPS) is 16.6. The van der Waals surface area contributed by atoms with Gasteiger partial charge in [0.05, 0.1) is 0 Å². The van der Waals surface area contributed by atoms with E-state index in [1.807, 2.05) is 0 Å². The van der Waals surface area contributed by atoms with E-state index in [0.717, 1.165) is 23.1 Å². The molecule has 98 valence electrons. The zero-order valence-corrected chi connectivity index (χ0v) is 12.8. The highest BCUT2D eigenvalue weighted by atomic mass is 79.9. The maximum atomic E-state index is 6.02. The van der Waals surface area contributed by atoms with Gasteiger partial charge in [-0.05, 0) is 67.6 Å². The molecule has 2 aromatic rings. The summed E-state index contributed by atoms with van der Waals surface area (Å²) in [6.45, 7) is 4.30. The van der Waals surface area contributed by atoms with Crippen LogP contribution >= 0.6 is 15.9 Å². The Bertz CT molecular complexity index is 599. The quantitative estimate of drug-likeness (QED) is 0.701. The van der Waals surface area contributed by atoms with Crippen molar-refractivity contribution in [3.8, 4) is 16.9 Å². The molecule has 0 atom stereocenters. The molecule has 0 radical (unpaired) electrons. The SMILES string of the molecule is CC1(C)CCc2cc(-c3ccc(Br)cc3)ccc2O1. The van der Waals surface area contributed by atoms with Gasteiger partial charge in [-0.1, -0.05) is 34.1 Å². The lowest BCUT2D eigenvalue weighted by atomic mass is 9.92. The van der Waals surface area contributed by atoms with E-state index in [-0.39, 0.29) is 5.60 Å². The first-order valence-electron chi connectivity index (χ1n) is 6.61. The van der Waals surface area contributed by atoms with Crippen molar-refractivity contribution in [2.75, 3.05) is 0 Å². The molecule has 3 rings (SSSR count). The Morgan fingerprint density at radius 2 is 1.68 bits per heavy atom. The zero-order chi connectivity index (χ0) is 13.5. The molecule has 2 aromatic carbocycles. The molecular weight excluding hydrogens is 300 g/mol. The number of hydrogen-bond donors (Lipinski definition) is 0. The second kappa shape index (κ2) is 4.68. The van der Waals surface area contributed by atoms with Crippen LogP contribution in [-0.4, -0.2) is 5.60 Å². The first-order valence-corrected chi connectivity index (χ1v) is 7.41. The fourth-order valence-corrected chi connectivity index (χ4v) is 2.75. The lowest BCUT2D eigenvalue weighted by Crippen LogP contribution is -2.32. The van der Waals surface area contributed by atoms with Gasteiger partial charge < -0.3 is 4.74 Å². The average molecular weight is 317 g/mol. The van der Waals surface area contributed by atoms with Gasteiger partial charge in [0.1, 0.15) is 11.4 Å². The van der Waals surface area contributed by atoms with E-state index in [9.17, 15) is 0 Å². The summed E-state index contributed by atoms with van der Waals surface area (Å²) in [5.74, 6) is 1.04. The van der Waals surface area contributed by atoms with Crippen LogP contribution in [0.25, 0.3) is 11.1 Å². The Balaban J connectivity index is 1.96. The second-order valence-corrected chi connectivity index (χ2v) is 6.61. The zero-order valence-electron chi connectivity index (χ0n) is 11.2. The smallest absolute Gasteiger partial charge is 0.123 e. The second-order valence-electron chi connectivity index (χ2n) is 5.69. The minimum Gasteiger partial charge on any atom is -0.488 e. The van der Waals surface area contributed by atoms with Crippen molar-refractivity contribution < 1.29 is 4.74 Å². The molecule has 19 heavy (non-hydrogen) atoms. The van der Waals surface area contributed by atoms with Crippen LogP contribution in [0, 0.1) is 0 Å². The van der Waals surface area contributed by atoms with Gasteiger partial charge in [0.25, 0.3) is 0 Å². The molecule has 0 spiro atoms. The lowest BCUT2D eigenvalue weighted by molar-refractivity contribution is 0.0847. The summed E-state index contributed by atoms with van der Waals surface area (Å²) in [5.41, 5.74) is 3.79. The van der Waals surface area contributed by atoms with E-state index in [1.54, 1.807) is 0 Å². The van der Waals surface area contributed by atoms with Crippen molar-refractivity contribution in [1.82, 2.24) is 0 Å². The number of ether oxygens (including phenoxy) is 1. The Kier molecular flexibility index (Phi) is 3.14. The third-order valence-electron chi connectivity index (χ3n) is 3.62. The first kappa shape index (κ1) is 12.7. The van der Waals surface area contributed by atoms with Gasteiger partial charge in [-0.25, -0.2) is 0 Å². The van der Waals surface area contributed by atoms with Crippen molar-refractivity contribution in [2.24, 2.45) is 0 Å². The molecule has 2 heteroatoms. The minimum atomic E-state index is -0.0356. The maximum Gasteiger partial charge on any atom is 0.123 e. The standard InChI is InChI=1S/C17H17BrO/c1-17(2)10-9-14-11-13(5-8-16(14)19-17)12-3-6-15(18)7-4-12/h3-8,11H,9-10H2,1-2H3. The minimum absolute atomic E-state index is 0.0356. The van der Waals surface area contributed by atoms with E-state index in [4.69, 9.17) is 4.74 Å². The molecule has 0 aromatic heterocycles. The van der Waals surface area contributed by atoms with Gasteiger partial charge in [0, 0.05) is 4.47 Å². The van der Waals surface area contributed by atoms with E-state index in [0.29, 0.717) is 0 Å². The molecule has 1 aliphatic rings. The molecule has 0 saturated heterocycles. The van der Waals surface area contributed by atoms with Crippen molar-refractivity contribution in [3.05, 3.63) is 52.5 Å². The molecule has 0 aliphatic carbocycles. The van der Waals surface area contributed by atoms with Gasteiger partial charge in [0.2, 0.25) is 0 Å². The maximum absolute atomic E-state index is 6.02. The largest absolute Gasteiger partial charge is 0.488 e. The van der Waals surface area contributed by atoms with Crippen LogP contribution in [-0.2, 0) is 6.42 Å². The molecular formula is C17H17BrO. The summed E-state index contributed by atoms with van der Waals surface area (Å²) in [6, 6.07) is 14.9. The van der Waals surface area contributed by atoms with Crippen LogP contribution in [0.15, 0.2) is 46.9 Å². The van der Waals surface area contributed by atoms with Crippen LogP contribution in [0.1, 0.15) is 25.8 Å². The highest BCUT2D eigenvalue weighted by Crippen LogP contribution is 2.35. The first-order chi connectivity index (χ1) is 9.03. The third-order valence-corrected chi connectivity index (χ3v) is 4.15. The summed E-state index contributed by atoms with van der Waals surface area (Å²) < 4.78 is 7.13. The Hall–Kier alpha value is -1.28. The third kappa shape index (κ3) is 2.69. The van der Waals surface area contributed by atoms with E-state index < -0.39 is 0 Å². The summed E-state index contributed by atoms with van der Waals surface area (Å²) in [6.07, 6.45) is 2.16. The predicted molar refractivity (Wildman–Crippen MR) is 82.6 cm³/mol. The summed E-state index contributed by atoms with van der Waals surface area (Å²) >= 11 is 3.47. The van der Waals surface area contributed by atoms with Crippen LogP contribution in [0.4, 0.5) is 0 Å². The monoisotopic (exact) mass is 316 g/mol. The topological polar surface area (TPSA) is 9.23 Å². The number of aryl methyl sites for hydroxylation is 1. The van der Waals surface area contributed by atoms with Crippen LogP contribution in [0.5, 0.6) is 5.75 Å². The molecule has 0 unspecified atom stereocenters. The van der Waals surface area contributed by atoms with Gasteiger partial charge in [0.15, 0.2) is 0 Å². The molecule has 0 saturated carbocycles. The Morgan fingerprint density at radius 3 is 2.42 bits per heavy atom. The lowest BCUT2D eigenvalue weighted by Gasteiger charge is -2.32. The Morgan fingerprint density at radius 1 is 1.00 bits per heavy atom. The molecule has 0 N–H and O–H groups in total. The molecule has 0 fully saturated rings. The number of rotatable bonds is 1. The molecule has 1 heterocycles. The summed E-state index contributed by atoms with van der Waals surface area (Å²) in [7, 11) is 0. The van der Waals surface area contributed by atoms with Gasteiger partial charge in [-0.15, -0.1) is 0 Å². The number of fused-ring (bicyclic) bond motifs is 1. The van der Waals surface area contributed by atoms with Crippen molar-refractivity contribution >= 4 is 15.9 Å². The molecule has 1 aliphatic heterocycles. The van der Waals surface area contributed by atoms with Gasteiger partial charge >= 0.3 is 0 Å². The van der Waals surface area contributed by atoms with E-state index in [1.165, 1.54) is 16.7 Å². The number of benzene rings is 2. The molecule has 0 bridgehead atoms. The highest BCUT2D eigenvalue weighted by molar-refractivity contribution is 9.10. The van der Waals surface area contributed by atoms with Gasteiger partial charge in [-0.3, -0.25) is 0 Å². The average Bonchev–Trinajstić information content (AvgIpc) is 2.38. The van der Waals surface area contributed by atoms with Crippen LogP contribution < -0.4 is 4.74 Å². The number of halogens is 1. The summed E-state index contributed by atoms with van der Waals surface area (Å²) in [5, 5.41) is 0. The molecule has 1 nitrogen and oxygen atoms in total. The molecule has 0 amide bonds. The van der Waals surface area contributed by atoms with E-state index in [2.05, 4.69) is 72.2 Å². The van der Waals surface area contributed by atoms with E-state index >= 15 is 0 Å². The van der Waals surface area contributed by atoms with Crippen LogP contribution in [0.2, 0.25) is 0 Å². The van der Waals surface area contributed by atoms with Crippen molar-refractivity contribution in [3.63, 3.8) is 0 Å². The van der Waals surface area contributed by atoms with Crippen LogP contribution in [0.3, 0.4) is 0 Å².